The van der Waals surface area contributed by atoms with Crippen LogP contribution in [0.5, 0.6) is 0 Å². The van der Waals surface area contributed by atoms with E-state index in [1.807, 2.05) is 0 Å². The minimum Gasteiger partial charge on any atom is -0.0616 e. The van der Waals surface area contributed by atoms with Crippen molar-refractivity contribution in [1.29, 1.82) is 0 Å². The van der Waals surface area contributed by atoms with E-state index in [0.717, 1.165) is 12.8 Å². The molecule has 0 aliphatic heterocycles. The predicted molar refractivity (Wildman–Crippen MR) is 252 cm³/mol. The van der Waals surface area contributed by atoms with Gasteiger partial charge in [0.15, 0.2) is 0 Å². The monoisotopic (exact) mass is 738 g/mol. The first-order valence-corrected chi connectivity index (χ1v) is 20.7. The Labute approximate surface area is 339 Å². The van der Waals surface area contributed by atoms with E-state index in [1.54, 1.807) is 0 Å². The van der Waals surface area contributed by atoms with Crippen LogP contribution in [0.4, 0.5) is 0 Å². The highest BCUT2D eigenvalue weighted by atomic mass is 14.2. The molecule has 0 aliphatic rings. The Kier molecular flexibility index (Phi) is 8.19. The molecule has 0 saturated heterocycles. The lowest BCUT2D eigenvalue weighted by atomic mass is 9.87. The highest BCUT2D eigenvalue weighted by Crippen LogP contribution is 2.41. The topological polar surface area (TPSA) is 0 Å². The summed E-state index contributed by atoms with van der Waals surface area (Å²) in [7, 11) is 0. The Balaban J connectivity index is 0.984. The molecule has 0 aromatic heterocycles. The number of hydrogen-bond donors (Lipinski definition) is 0. The summed E-state index contributed by atoms with van der Waals surface area (Å²) < 4.78 is 0. The standard InChI is InChI=1S/C58H42/c1-3-37-24-25-42(44-28-31-55-51-21-8-6-17-47(51)49-19-10-12-23-53(49)58(55)36-44)34-56(37)45-29-26-41(32-38(45)4-2)39-14-13-15-40(33-39)43-27-30-54-50-20-7-5-16-46(50)48-18-9-11-22-52(48)57(54)35-43/h5-36H,3-4H2,1-2H3. The summed E-state index contributed by atoms with van der Waals surface area (Å²) in [5.74, 6) is 0. The maximum absolute atomic E-state index is 2.44. The van der Waals surface area contributed by atoms with Gasteiger partial charge in [-0.3, -0.25) is 0 Å². The molecule has 0 N–H and O–H groups in total. The first-order valence-electron chi connectivity index (χ1n) is 20.7. The average Bonchev–Trinajstić information content (AvgIpc) is 3.31. The summed E-state index contributed by atoms with van der Waals surface area (Å²) in [5.41, 5.74) is 12.9. The summed E-state index contributed by atoms with van der Waals surface area (Å²) in [4.78, 5) is 0. The minimum absolute atomic E-state index is 0.955. The molecule has 0 fully saturated rings. The van der Waals surface area contributed by atoms with Crippen molar-refractivity contribution < 1.29 is 0 Å². The number of benzene rings is 11. The molecule has 274 valence electrons. The molecule has 0 radical (unpaired) electrons. The van der Waals surface area contributed by atoms with Crippen molar-refractivity contribution in [2.75, 3.05) is 0 Å². The summed E-state index contributed by atoms with van der Waals surface area (Å²) in [5, 5.41) is 15.7. The van der Waals surface area contributed by atoms with Gasteiger partial charge in [-0.05, 0) is 157 Å². The third-order valence-electron chi connectivity index (χ3n) is 12.6. The molecular formula is C58H42. The zero-order valence-electron chi connectivity index (χ0n) is 32.9. The number of rotatable bonds is 6. The lowest BCUT2D eigenvalue weighted by molar-refractivity contribution is 1.12. The Bertz CT molecular complexity index is 3350. The smallest absolute Gasteiger partial charge is 0.00928 e. The molecule has 0 amide bonds. The summed E-state index contributed by atoms with van der Waals surface area (Å²) in [6, 6.07) is 72.6. The molecule has 0 heteroatoms. The molecule has 58 heavy (non-hydrogen) atoms. The fraction of sp³-hybridized carbons (Fsp3) is 0.0690. The average molecular weight is 739 g/mol. The van der Waals surface area contributed by atoms with Gasteiger partial charge in [0.2, 0.25) is 0 Å². The zero-order chi connectivity index (χ0) is 38.7. The van der Waals surface area contributed by atoms with Crippen LogP contribution in [0.2, 0.25) is 0 Å². The van der Waals surface area contributed by atoms with Crippen molar-refractivity contribution in [3.05, 3.63) is 205 Å². The molecule has 0 atom stereocenters. The van der Waals surface area contributed by atoms with E-state index in [-0.39, 0.29) is 0 Å². The fourth-order valence-corrected chi connectivity index (χ4v) is 9.70. The van der Waals surface area contributed by atoms with Crippen molar-refractivity contribution in [2.45, 2.75) is 26.7 Å². The molecule has 11 aromatic carbocycles. The van der Waals surface area contributed by atoms with Crippen molar-refractivity contribution >= 4 is 64.6 Å². The van der Waals surface area contributed by atoms with Gasteiger partial charge in [-0.1, -0.05) is 184 Å². The van der Waals surface area contributed by atoms with Crippen LogP contribution in [0, 0.1) is 0 Å². The Morgan fingerprint density at radius 1 is 0.224 bits per heavy atom. The van der Waals surface area contributed by atoms with E-state index >= 15 is 0 Å². The molecule has 0 aliphatic carbocycles. The van der Waals surface area contributed by atoms with Gasteiger partial charge in [-0.15, -0.1) is 0 Å². The SMILES string of the molecule is CCc1cc(-c2cccc(-c3ccc4c5ccccc5c5ccccc5c4c3)c2)ccc1-c1cc(-c2ccc3c4ccccc4c4ccccc4c3c2)ccc1CC. The second kappa shape index (κ2) is 13.9. The van der Waals surface area contributed by atoms with Gasteiger partial charge in [0, 0.05) is 0 Å². The highest BCUT2D eigenvalue weighted by molar-refractivity contribution is 6.27. The fourth-order valence-electron chi connectivity index (χ4n) is 9.70. The van der Waals surface area contributed by atoms with Gasteiger partial charge in [-0.25, -0.2) is 0 Å². The van der Waals surface area contributed by atoms with E-state index in [1.165, 1.54) is 120 Å². The van der Waals surface area contributed by atoms with Crippen LogP contribution in [-0.2, 0) is 12.8 Å². The van der Waals surface area contributed by atoms with Crippen LogP contribution in [0.3, 0.4) is 0 Å². The summed E-state index contributed by atoms with van der Waals surface area (Å²) >= 11 is 0. The Morgan fingerprint density at radius 3 is 1.02 bits per heavy atom. The molecule has 0 nitrogen and oxygen atoms in total. The lowest BCUT2D eigenvalue weighted by Gasteiger charge is -2.17. The van der Waals surface area contributed by atoms with E-state index in [0.29, 0.717) is 0 Å². The highest BCUT2D eigenvalue weighted by Gasteiger charge is 2.15. The zero-order valence-corrected chi connectivity index (χ0v) is 32.9. The van der Waals surface area contributed by atoms with Gasteiger partial charge in [-0.2, -0.15) is 0 Å². The maximum Gasteiger partial charge on any atom is -0.00928 e. The van der Waals surface area contributed by atoms with E-state index in [2.05, 4.69) is 208 Å². The Morgan fingerprint density at radius 2 is 0.569 bits per heavy atom. The molecule has 0 saturated carbocycles. The molecule has 0 spiro atoms. The van der Waals surface area contributed by atoms with Gasteiger partial charge in [0.05, 0.1) is 0 Å². The maximum atomic E-state index is 2.44. The van der Waals surface area contributed by atoms with Gasteiger partial charge in [0.1, 0.15) is 0 Å². The first-order chi connectivity index (χ1) is 28.7. The third-order valence-corrected chi connectivity index (χ3v) is 12.6. The second-order valence-electron chi connectivity index (χ2n) is 15.7. The first kappa shape index (κ1) is 34.2. The third kappa shape index (κ3) is 5.52. The number of aryl methyl sites for hydroxylation is 2. The summed E-state index contributed by atoms with van der Waals surface area (Å²) in [6.45, 7) is 4.56. The van der Waals surface area contributed by atoms with E-state index < -0.39 is 0 Å². The van der Waals surface area contributed by atoms with Crippen LogP contribution in [0.1, 0.15) is 25.0 Å². The van der Waals surface area contributed by atoms with E-state index in [4.69, 9.17) is 0 Å². The van der Waals surface area contributed by atoms with E-state index in [9.17, 15) is 0 Å². The molecule has 0 bridgehead atoms. The molecule has 0 heterocycles. The molecular weight excluding hydrogens is 697 g/mol. The normalized spacial score (nSPS) is 11.8. The van der Waals surface area contributed by atoms with Crippen LogP contribution in [0.15, 0.2) is 194 Å². The number of fused-ring (bicyclic) bond motifs is 12. The van der Waals surface area contributed by atoms with Crippen LogP contribution in [-0.4, -0.2) is 0 Å². The van der Waals surface area contributed by atoms with Gasteiger partial charge < -0.3 is 0 Å². The van der Waals surface area contributed by atoms with Crippen molar-refractivity contribution in [3.63, 3.8) is 0 Å². The van der Waals surface area contributed by atoms with Crippen LogP contribution in [0.25, 0.3) is 109 Å². The van der Waals surface area contributed by atoms with Crippen LogP contribution >= 0.6 is 0 Å². The van der Waals surface area contributed by atoms with Crippen molar-refractivity contribution in [2.24, 2.45) is 0 Å². The number of hydrogen-bond acceptors (Lipinski definition) is 0. The van der Waals surface area contributed by atoms with Crippen molar-refractivity contribution in [3.8, 4) is 44.5 Å². The molecule has 11 rings (SSSR count). The Hall–Kier alpha value is -7.02. The van der Waals surface area contributed by atoms with Gasteiger partial charge in [0.25, 0.3) is 0 Å². The summed E-state index contributed by atoms with van der Waals surface area (Å²) in [6.07, 6.45) is 1.94. The van der Waals surface area contributed by atoms with Gasteiger partial charge >= 0.3 is 0 Å². The van der Waals surface area contributed by atoms with Crippen LogP contribution < -0.4 is 0 Å². The molecule has 0 unspecified atom stereocenters. The van der Waals surface area contributed by atoms with Crippen molar-refractivity contribution in [1.82, 2.24) is 0 Å². The second-order valence-corrected chi connectivity index (χ2v) is 15.7. The largest absolute Gasteiger partial charge is 0.0616 e. The predicted octanol–water partition coefficient (Wildman–Crippen LogP) is 16.4. The lowest BCUT2D eigenvalue weighted by Crippen LogP contribution is -1.95. The minimum atomic E-state index is 0.955. The quantitative estimate of drug-likeness (QED) is 0.149. The molecule has 11 aromatic rings.